The van der Waals surface area contributed by atoms with Crippen molar-refractivity contribution in [2.24, 2.45) is 4.99 Å². The first-order valence-corrected chi connectivity index (χ1v) is 9.01. The molecular formula is C17H21F3IN5OS. The average molecular weight is 527 g/mol. The van der Waals surface area contributed by atoms with E-state index < -0.39 is 29.0 Å². The van der Waals surface area contributed by atoms with Crippen LogP contribution in [0.3, 0.4) is 0 Å². The number of nitrogens with zero attached hydrogens (tertiary/aromatic N) is 2. The topological polar surface area (TPSA) is 78.4 Å². The quantitative estimate of drug-likeness (QED) is 0.233. The first kappa shape index (κ1) is 24.1. The van der Waals surface area contributed by atoms with Gasteiger partial charge in [-0.1, -0.05) is 0 Å². The standard InChI is InChI=1S/C17H20F3N5OS.HI/c1-4-21-17(23-8-14-24-9(2)10(3)27-14)22-7-13(26)25-12-6-5-11(18)15(19)16(12)20;/h5-6H,4,7-8H2,1-3H3,(H,25,26)(H2,21,22,23);1H. The van der Waals surface area contributed by atoms with Crippen LogP contribution >= 0.6 is 35.3 Å². The van der Waals surface area contributed by atoms with E-state index in [-0.39, 0.29) is 30.5 Å². The fourth-order valence-corrected chi connectivity index (χ4v) is 2.95. The zero-order valence-electron chi connectivity index (χ0n) is 15.5. The van der Waals surface area contributed by atoms with Gasteiger partial charge < -0.3 is 16.0 Å². The van der Waals surface area contributed by atoms with Gasteiger partial charge in [0.25, 0.3) is 0 Å². The second-order valence-electron chi connectivity index (χ2n) is 5.57. The number of guanidine groups is 1. The summed E-state index contributed by atoms with van der Waals surface area (Å²) in [5.41, 5.74) is 0.521. The number of carbonyl (C=O) groups excluding carboxylic acids is 1. The Labute approximate surface area is 182 Å². The summed E-state index contributed by atoms with van der Waals surface area (Å²) in [7, 11) is 0. The van der Waals surface area contributed by atoms with Crippen LogP contribution in [0.15, 0.2) is 17.1 Å². The minimum absolute atomic E-state index is 0. The maximum Gasteiger partial charge on any atom is 0.246 e. The maximum atomic E-state index is 13.6. The third-order valence-electron chi connectivity index (χ3n) is 3.51. The average Bonchev–Trinajstić information content (AvgIpc) is 2.96. The van der Waals surface area contributed by atoms with Crippen LogP contribution in [0.1, 0.15) is 22.5 Å². The van der Waals surface area contributed by atoms with E-state index >= 15 is 0 Å². The zero-order valence-corrected chi connectivity index (χ0v) is 18.7. The highest BCUT2D eigenvalue weighted by Crippen LogP contribution is 2.19. The number of hydrogen-bond acceptors (Lipinski definition) is 4. The Morgan fingerprint density at radius 1 is 1.18 bits per heavy atom. The predicted molar refractivity (Wildman–Crippen MR) is 115 cm³/mol. The Hall–Kier alpha value is -1.89. The number of aromatic nitrogens is 1. The van der Waals surface area contributed by atoms with Gasteiger partial charge in [0.2, 0.25) is 5.91 Å². The summed E-state index contributed by atoms with van der Waals surface area (Å²) in [5, 5.41) is 9.07. The van der Waals surface area contributed by atoms with Crippen molar-refractivity contribution in [1.29, 1.82) is 0 Å². The molecule has 6 nitrogen and oxygen atoms in total. The molecule has 3 N–H and O–H groups in total. The van der Waals surface area contributed by atoms with E-state index in [1.807, 2.05) is 20.8 Å². The Kier molecular flexibility index (Phi) is 9.65. The van der Waals surface area contributed by atoms with Gasteiger partial charge in [0.1, 0.15) is 11.6 Å². The van der Waals surface area contributed by atoms with Crippen molar-refractivity contribution in [2.45, 2.75) is 27.3 Å². The van der Waals surface area contributed by atoms with Gasteiger partial charge in [0.05, 0.1) is 17.9 Å². The third kappa shape index (κ3) is 6.62. The molecule has 1 amide bonds. The summed E-state index contributed by atoms with van der Waals surface area (Å²) in [6.07, 6.45) is 0. The Morgan fingerprint density at radius 3 is 2.50 bits per heavy atom. The van der Waals surface area contributed by atoms with Crippen molar-refractivity contribution in [2.75, 3.05) is 18.4 Å². The van der Waals surface area contributed by atoms with Crippen LogP contribution in [0.4, 0.5) is 18.9 Å². The second-order valence-corrected chi connectivity index (χ2v) is 6.86. The molecule has 0 bridgehead atoms. The van der Waals surface area contributed by atoms with Crippen LogP contribution in [-0.2, 0) is 11.3 Å². The number of amides is 1. The molecule has 2 rings (SSSR count). The van der Waals surface area contributed by atoms with Gasteiger partial charge in [0.15, 0.2) is 23.4 Å². The summed E-state index contributed by atoms with van der Waals surface area (Å²) in [5.74, 6) is -4.70. The van der Waals surface area contributed by atoms with Gasteiger partial charge in [0, 0.05) is 11.4 Å². The fraction of sp³-hybridized carbons (Fsp3) is 0.353. The number of rotatable bonds is 6. The number of aliphatic imine (C=N–C) groups is 1. The Morgan fingerprint density at radius 2 is 1.89 bits per heavy atom. The molecule has 1 aromatic carbocycles. The maximum absolute atomic E-state index is 13.6. The normalized spacial score (nSPS) is 11.0. The summed E-state index contributed by atoms with van der Waals surface area (Å²) in [4.78, 5) is 21.5. The van der Waals surface area contributed by atoms with Gasteiger partial charge in [-0.25, -0.2) is 23.1 Å². The molecule has 2 aromatic rings. The molecule has 0 aliphatic carbocycles. The van der Waals surface area contributed by atoms with E-state index in [9.17, 15) is 18.0 Å². The monoisotopic (exact) mass is 527 g/mol. The van der Waals surface area contributed by atoms with Crippen molar-refractivity contribution in [3.8, 4) is 0 Å². The number of benzene rings is 1. The molecule has 0 spiro atoms. The molecule has 154 valence electrons. The van der Waals surface area contributed by atoms with Gasteiger partial charge in [-0.2, -0.15) is 0 Å². The van der Waals surface area contributed by atoms with E-state index in [4.69, 9.17) is 0 Å². The number of anilines is 1. The van der Waals surface area contributed by atoms with Crippen molar-refractivity contribution in [3.63, 3.8) is 0 Å². The van der Waals surface area contributed by atoms with Crippen LogP contribution in [0, 0.1) is 31.3 Å². The van der Waals surface area contributed by atoms with E-state index in [0.29, 0.717) is 19.0 Å². The highest BCUT2D eigenvalue weighted by atomic mass is 127. The lowest BCUT2D eigenvalue weighted by atomic mass is 10.3. The Bertz CT molecular complexity index is 840. The summed E-state index contributed by atoms with van der Waals surface area (Å²) >= 11 is 1.56. The lowest BCUT2D eigenvalue weighted by molar-refractivity contribution is -0.114. The highest BCUT2D eigenvalue weighted by molar-refractivity contribution is 14.0. The van der Waals surface area contributed by atoms with Crippen LogP contribution in [0.25, 0.3) is 0 Å². The van der Waals surface area contributed by atoms with E-state index in [0.717, 1.165) is 27.7 Å². The molecule has 28 heavy (non-hydrogen) atoms. The molecule has 11 heteroatoms. The lowest BCUT2D eigenvalue weighted by Crippen LogP contribution is -2.37. The molecular weight excluding hydrogens is 506 g/mol. The number of nitrogens with one attached hydrogen (secondary N) is 3. The van der Waals surface area contributed by atoms with Gasteiger partial charge in [-0.05, 0) is 32.9 Å². The first-order valence-electron chi connectivity index (χ1n) is 8.20. The molecule has 1 aromatic heterocycles. The lowest BCUT2D eigenvalue weighted by Gasteiger charge is -2.10. The number of carbonyl (C=O) groups is 1. The smallest absolute Gasteiger partial charge is 0.246 e. The van der Waals surface area contributed by atoms with Crippen molar-refractivity contribution < 1.29 is 18.0 Å². The molecule has 0 aliphatic heterocycles. The SMILES string of the molecule is CCNC(=NCC(=O)Nc1ccc(F)c(F)c1F)NCc1nc(C)c(C)s1.I. The Balaban J connectivity index is 0.00000392. The largest absolute Gasteiger partial charge is 0.357 e. The van der Waals surface area contributed by atoms with Crippen molar-refractivity contribution in [3.05, 3.63) is 45.2 Å². The number of aryl methyl sites for hydroxylation is 2. The predicted octanol–water partition coefficient (Wildman–Crippen LogP) is 3.49. The summed E-state index contributed by atoms with van der Waals surface area (Å²) < 4.78 is 39.7. The summed E-state index contributed by atoms with van der Waals surface area (Å²) in [6.45, 7) is 6.45. The first-order chi connectivity index (χ1) is 12.8. The van der Waals surface area contributed by atoms with Crippen LogP contribution in [-0.4, -0.2) is 29.9 Å². The number of halogens is 4. The van der Waals surface area contributed by atoms with Gasteiger partial charge in [-0.3, -0.25) is 4.79 Å². The van der Waals surface area contributed by atoms with E-state index in [2.05, 4.69) is 25.9 Å². The number of thiazole rings is 1. The van der Waals surface area contributed by atoms with E-state index in [1.165, 1.54) is 0 Å². The molecule has 0 aliphatic rings. The fourth-order valence-electron chi connectivity index (χ4n) is 2.08. The van der Waals surface area contributed by atoms with Crippen LogP contribution in [0.5, 0.6) is 0 Å². The van der Waals surface area contributed by atoms with Gasteiger partial charge in [-0.15, -0.1) is 35.3 Å². The molecule has 0 radical (unpaired) electrons. The molecule has 0 atom stereocenters. The highest BCUT2D eigenvalue weighted by Gasteiger charge is 2.15. The zero-order chi connectivity index (χ0) is 20.0. The molecule has 1 heterocycles. The van der Waals surface area contributed by atoms with Crippen LogP contribution < -0.4 is 16.0 Å². The molecule has 0 saturated carbocycles. The van der Waals surface area contributed by atoms with Crippen molar-refractivity contribution >= 4 is 52.9 Å². The number of hydrogen-bond donors (Lipinski definition) is 3. The molecule has 0 fully saturated rings. The third-order valence-corrected chi connectivity index (χ3v) is 4.59. The molecule has 0 unspecified atom stereocenters. The molecule has 0 saturated heterocycles. The van der Waals surface area contributed by atoms with Gasteiger partial charge >= 0.3 is 0 Å². The van der Waals surface area contributed by atoms with Crippen molar-refractivity contribution in [1.82, 2.24) is 15.6 Å². The minimum Gasteiger partial charge on any atom is -0.357 e. The summed E-state index contributed by atoms with van der Waals surface area (Å²) in [6, 6.07) is 1.69. The second kappa shape index (κ2) is 11.2. The van der Waals surface area contributed by atoms with E-state index in [1.54, 1.807) is 11.3 Å². The minimum atomic E-state index is -1.64. The van der Waals surface area contributed by atoms with Crippen LogP contribution in [0.2, 0.25) is 0 Å².